The third kappa shape index (κ3) is 5.47. The van der Waals surface area contributed by atoms with Crippen LogP contribution < -0.4 is 15.4 Å². The number of carbonyl (C=O) groups excluding carboxylic acids is 2. The van der Waals surface area contributed by atoms with Crippen molar-refractivity contribution in [1.29, 1.82) is 0 Å². The summed E-state index contributed by atoms with van der Waals surface area (Å²) >= 11 is 5.85. The molecule has 1 saturated heterocycles. The number of hydrogen-bond donors (Lipinski definition) is 2. The second-order valence-corrected chi connectivity index (χ2v) is 7.03. The van der Waals surface area contributed by atoms with Gasteiger partial charge in [0.05, 0.1) is 17.4 Å². The Bertz CT molecular complexity index is 819. The first-order valence-corrected chi connectivity index (χ1v) is 9.62. The highest BCUT2D eigenvalue weighted by molar-refractivity contribution is 6.30. The monoisotopic (exact) mass is 402 g/mol. The molecule has 3 rings (SSSR count). The average molecular weight is 403 g/mol. The minimum absolute atomic E-state index is 0.0542. The van der Waals surface area contributed by atoms with Crippen LogP contribution in [0.5, 0.6) is 5.75 Å². The van der Waals surface area contributed by atoms with E-state index < -0.39 is 6.10 Å². The van der Waals surface area contributed by atoms with E-state index in [9.17, 15) is 9.59 Å². The van der Waals surface area contributed by atoms with Gasteiger partial charge >= 0.3 is 0 Å². The minimum Gasteiger partial charge on any atom is -0.481 e. The van der Waals surface area contributed by atoms with Gasteiger partial charge in [0.25, 0.3) is 11.8 Å². The molecule has 7 heteroatoms. The summed E-state index contributed by atoms with van der Waals surface area (Å²) < 4.78 is 11.2. The van der Waals surface area contributed by atoms with E-state index in [1.165, 1.54) is 0 Å². The lowest BCUT2D eigenvalue weighted by molar-refractivity contribution is -0.122. The van der Waals surface area contributed by atoms with E-state index in [-0.39, 0.29) is 17.9 Å². The van der Waals surface area contributed by atoms with Crippen LogP contribution in [-0.2, 0) is 9.53 Å². The number of para-hydroxylation sites is 1. The van der Waals surface area contributed by atoms with Gasteiger partial charge in [0.1, 0.15) is 5.75 Å². The van der Waals surface area contributed by atoms with Crippen molar-refractivity contribution in [3.05, 3.63) is 59.1 Å². The molecule has 148 valence electrons. The number of rotatable bonds is 7. The highest BCUT2D eigenvalue weighted by Crippen LogP contribution is 2.19. The Hall–Kier alpha value is -2.57. The Morgan fingerprint density at radius 1 is 1.21 bits per heavy atom. The maximum atomic E-state index is 12.5. The molecule has 1 heterocycles. The molecule has 6 nitrogen and oxygen atoms in total. The lowest BCUT2D eigenvalue weighted by Crippen LogP contribution is -2.34. The molecule has 28 heavy (non-hydrogen) atoms. The summed E-state index contributed by atoms with van der Waals surface area (Å²) in [5.74, 6) is -0.0679. The number of anilines is 1. The van der Waals surface area contributed by atoms with E-state index in [0.717, 1.165) is 19.4 Å². The number of ether oxygens (including phenoxy) is 2. The molecule has 2 amide bonds. The molecule has 0 aliphatic carbocycles. The van der Waals surface area contributed by atoms with Crippen LogP contribution in [0.4, 0.5) is 5.69 Å². The fourth-order valence-corrected chi connectivity index (χ4v) is 3.03. The Morgan fingerprint density at radius 2 is 1.96 bits per heavy atom. The van der Waals surface area contributed by atoms with E-state index in [4.69, 9.17) is 21.1 Å². The van der Waals surface area contributed by atoms with Gasteiger partial charge in [-0.3, -0.25) is 9.59 Å². The maximum absolute atomic E-state index is 12.5. The first-order chi connectivity index (χ1) is 13.5. The average Bonchev–Trinajstić information content (AvgIpc) is 3.22. The van der Waals surface area contributed by atoms with E-state index in [1.807, 2.05) is 0 Å². The number of nitrogens with one attached hydrogen (secondary N) is 2. The predicted molar refractivity (Wildman–Crippen MR) is 108 cm³/mol. The van der Waals surface area contributed by atoms with Crippen LogP contribution in [-0.4, -0.2) is 37.2 Å². The number of hydrogen-bond acceptors (Lipinski definition) is 4. The first-order valence-electron chi connectivity index (χ1n) is 9.25. The van der Waals surface area contributed by atoms with Gasteiger partial charge in [0.15, 0.2) is 6.10 Å². The standard InChI is InChI=1S/C21H23ClN2O4/c1-14(28-16-10-8-15(22)9-11-16)20(25)24-19-7-3-2-6-18(19)21(26)23-13-17-5-4-12-27-17/h2-3,6-11,14,17H,4-5,12-13H2,1H3,(H,23,26)(H,24,25)/t14-,17+/m0/s1. The van der Waals surface area contributed by atoms with Crippen molar-refractivity contribution in [2.75, 3.05) is 18.5 Å². The molecule has 0 unspecified atom stereocenters. The molecule has 2 N–H and O–H groups in total. The summed E-state index contributed by atoms with van der Waals surface area (Å²) in [4.78, 5) is 25.0. The summed E-state index contributed by atoms with van der Waals surface area (Å²) in [5.41, 5.74) is 0.830. The number of amides is 2. The Morgan fingerprint density at radius 3 is 2.68 bits per heavy atom. The number of benzene rings is 2. The third-order valence-electron chi connectivity index (χ3n) is 4.44. The summed E-state index contributed by atoms with van der Waals surface area (Å²) in [5, 5.41) is 6.23. The van der Waals surface area contributed by atoms with Gasteiger partial charge in [-0.1, -0.05) is 23.7 Å². The van der Waals surface area contributed by atoms with Crippen molar-refractivity contribution in [1.82, 2.24) is 5.32 Å². The molecular weight excluding hydrogens is 380 g/mol. The fraction of sp³-hybridized carbons (Fsp3) is 0.333. The van der Waals surface area contributed by atoms with Crippen LogP contribution in [0, 0.1) is 0 Å². The van der Waals surface area contributed by atoms with E-state index in [2.05, 4.69) is 10.6 Å². The van der Waals surface area contributed by atoms with Gasteiger partial charge in [0, 0.05) is 18.2 Å². The lowest BCUT2D eigenvalue weighted by atomic mass is 10.1. The fourth-order valence-electron chi connectivity index (χ4n) is 2.90. The zero-order valence-corrected chi connectivity index (χ0v) is 16.4. The van der Waals surface area contributed by atoms with Gasteiger partial charge in [0.2, 0.25) is 0 Å². The Balaban J connectivity index is 1.60. The molecular formula is C21H23ClN2O4. The zero-order valence-electron chi connectivity index (χ0n) is 15.6. The number of halogens is 1. The topological polar surface area (TPSA) is 76.7 Å². The van der Waals surface area contributed by atoms with Crippen LogP contribution in [0.3, 0.4) is 0 Å². The number of carbonyl (C=O) groups is 2. The second kappa shape index (κ2) is 9.57. The molecule has 0 bridgehead atoms. The van der Waals surface area contributed by atoms with E-state index in [1.54, 1.807) is 55.5 Å². The highest BCUT2D eigenvalue weighted by atomic mass is 35.5. The molecule has 2 atom stereocenters. The molecule has 2 aromatic carbocycles. The quantitative estimate of drug-likeness (QED) is 0.741. The normalized spacial score (nSPS) is 17.0. The zero-order chi connectivity index (χ0) is 19.9. The Labute approximate surface area is 169 Å². The molecule has 0 radical (unpaired) electrons. The molecule has 1 aliphatic heterocycles. The first kappa shape index (κ1) is 20.2. The van der Waals surface area contributed by atoms with Gasteiger partial charge in [-0.2, -0.15) is 0 Å². The van der Waals surface area contributed by atoms with Crippen molar-refractivity contribution in [3.63, 3.8) is 0 Å². The van der Waals surface area contributed by atoms with Gasteiger partial charge in [-0.25, -0.2) is 0 Å². The molecule has 0 saturated carbocycles. The SMILES string of the molecule is C[C@H](Oc1ccc(Cl)cc1)C(=O)Nc1ccccc1C(=O)NC[C@H]1CCCO1. The van der Waals surface area contributed by atoms with Crippen LogP contribution in [0.15, 0.2) is 48.5 Å². The van der Waals surface area contributed by atoms with E-state index in [0.29, 0.717) is 28.6 Å². The molecule has 2 aromatic rings. The van der Waals surface area contributed by atoms with E-state index >= 15 is 0 Å². The Kier molecular flexibility index (Phi) is 6.90. The predicted octanol–water partition coefficient (Wildman–Crippen LogP) is 3.65. The lowest BCUT2D eigenvalue weighted by Gasteiger charge is -2.17. The van der Waals surface area contributed by atoms with Gasteiger partial charge in [-0.05, 0) is 56.2 Å². The highest BCUT2D eigenvalue weighted by Gasteiger charge is 2.20. The van der Waals surface area contributed by atoms with Crippen molar-refractivity contribution < 1.29 is 19.1 Å². The van der Waals surface area contributed by atoms with Crippen LogP contribution in [0.25, 0.3) is 0 Å². The van der Waals surface area contributed by atoms with Crippen molar-refractivity contribution >= 4 is 29.1 Å². The summed E-state index contributed by atoms with van der Waals surface area (Å²) in [6, 6.07) is 13.6. The summed E-state index contributed by atoms with van der Waals surface area (Å²) in [6.07, 6.45) is 1.26. The molecule has 0 aromatic heterocycles. The molecule has 0 spiro atoms. The summed E-state index contributed by atoms with van der Waals surface area (Å²) in [7, 11) is 0. The molecule has 1 aliphatic rings. The van der Waals surface area contributed by atoms with Crippen LogP contribution in [0.1, 0.15) is 30.1 Å². The van der Waals surface area contributed by atoms with Crippen LogP contribution >= 0.6 is 11.6 Å². The van der Waals surface area contributed by atoms with Crippen molar-refractivity contribution in [3.8, 4) is 5.75 Å². The largest absolute Gasteiger partial charge is 0.481 e. The van der Waals surface area contributed by atoms with Crippen molar-refractivity contribution in [2.45, 2.75) is 32.0 Å². The van der Waals surface area contributed by atoms with Gasteiger partial charge in [-0.15, -0.1) is 0 Å². The van der Waals surface area contributed by atoms with Crippen molar-refractivity contribution in [2.24, 2.45) is 0 Å². The maximum Gasteiger partial charge on any atom is 0.265 e. The smallest absolute Gasteiger partial charge is 0.265 e. The third-order valence-corrected chi connectivity index (χ3v) is 4.69. The van der Waals surface area contributed by atoms with Crippen LogP contribution in [0.2, 0.25) is 5.02 Å². The molecule has 1 fully saturated rings. The summed E-state index contributed by atoms with van der Waals surface area (Å²) in [6.45, 7) is 2.83. The second-order valence-electron chi connectivity index (χ2n) is 6.59. The minimum atomic E-state index is -0.746. The van der Waals surface area contributed by atoms with Gasteiger partial charge < -0.3 is 20.1 Å².